The van der Waals surface area contributed by atoms with Crippen LogP contribution in [0.25, 0.3) is 11.1 Å². The Morgan fingerprint density at radius 1 is 1.15 bits per heavy atom. The molecular formula is C24H24F3N5O2. The highest BCUT2D eigenvalue weighted by molar-refractivity contribution is 6.08. The summed E-state index contributed by atoms with van der Waals surface area (Å²) in [5.41, 5.74) is 1.08. The lowest BCUT2D eigenvalue weighted by atomic mass is 10.0. The highest BCUT2D eigenvalue weighted by Gasteiger charge is 2.40. The Morgan fingerprint density at radius 3 is 2.50 bits per heavy atom. The number of ether oxygens (including phenoxy) is 1. The van der Waals surface area contributed by atoms with Crippen molar-refractivity contribution < 1.29 is 22.7 Å². The number of nitrogens with one attached hydrogen (secondary N) is 1. The Balaban J connectivity index is 1.80. The quantitative estimate of drug-likeness (QED) is 0.551. The zero-order valence-electron chi connectivity index (χ0n) is 19.0. The van der Waals surface area contributed by atoms with Crippen LogP contribution in [-0.2, 0) is 0 Å². The number of hydrogen-bond donors (Lipinski definition) is 1. The second-order valence-electron chi connectivity index (χ2n) is 8.37. The largest absolute Gasteiger partial charge is 0.496 e. The molecule has 1 N–H and O–H groups in total. The van der Waals surface area contributed by atoms with Gasteiger partial charge in [-0.05, 0) is 24.3 Å². The molecular weight excluding hydrogens is 447 g/mol. The van der Waals surface area contributed by atoms with Gasteiger partial charge in [0.15, 0.2) is 5.82 Å². The maximum Gasteiger partial charge on any atom is 0.266 e. The number of alkyl halides is 2. The molecule has 34 heavy (non-hydrogen) atoms. The Kier molecular flexibility index (Phi) is 6.41. The lowest BCUT2D eigenvalue weighted by Crippen LogP contribution is -2.27. The number of halogens is 3. The number of carbonyl (C=O) groups is 1. The van der Waals surface area contributed by atoms with Crippen LogP contribution >= 0.6 is 0 Å². The van der Waals surface area contributed by atoms with Gasteiger partial charge < -0.3 is 15.0 Å². The molecule has 1 saturated heterocycles. The monoisotopic (exact) mass is 471 g/mol. The lowest BCUT2D eigenvalue weighted by molar-refractivity contribution is 0.0257. The Labute approximate surface area is 195 Å². The van der Waals surface area contributed by atoms with Gasteiger partial charge in [-0.15, -0.1) is 0 Å². The minimum absolute atomic E-state index is 0.0544. The van der Waals surface area contributed by atoms with Gasteiger partial charge in [-0.1, -0.05) is 13.8 Å². The number of amides is 1. The van der Waals surface area contributed by atoms with Crippen molar-refractivity contribution in [3.63, 3.8) is 0 Å². The Morgan fingerprint density at radius 2 is 1.88 bits per heavy atom. The van der Waals surface area contributed by atoms with E-state index in [0.717, 1.165) is 0 Å². The van der Waals surface area contributed by atoms with Crippen molar-refractivity contribution in [2.45, 2.75) is 32.1 Å². The average molecular weight is 471 g/mol. The molecule has 0 saturated carbocycles. The molecule has 1 aliphatic rings. The smallest absolute Gasteiger partial charge is 0.266 e. The minimum atomic E-state index is -2.88. The molecule has 0 unspecified atom stereocenters. The first-order valence-electron chi connectivity index (χ1n) is 10.8. The van der Waals surface area contributed by atoms with Crippen molar-refractivity contribution in [1.82, 2.24) is 15.0 Å². The Bertz CT molecular complexity index is 1200. The van der Waals surface area contributed by atoms with E-state index >= 15 is 0 Å². The van der Waals surface area contributed by atoms with E-state index in [1.807, 2.05) is 13.8 Å². The summed E-state index contributed by atoms with van der Waals surface area (Å²) in [5.74, 6) is -2.76. The summed E-state index contributed by atoms with van der Waals surface area (Å²) in [6.45, 7) is 3.38. The van der Waals surface area contributed by atoms with Gasteiger partial charge >= 0.3 is 0 Å². The van der Waals surface area contributed by atoms with E-state index in [9.17, 15) is 18.0 Å². The number of rotatable bonds is 6. The van der Waals surface area contributed by atoms with Crippen LogP contribution in [0.3, 0.4) is 0 Å². The third-order valence-electron chi connectivity index (χ3n) is 5.54. The third-order valence-corrected chi connectivity index (χ3v) is 5.54. The van der Waals surface area contributed by atoms with Gasteiger partial charge in [0, 0.05) is 48.6 Å². The van der Waals surface area contributed by atoms with Gasteiger partial charge in [-0.3, -0.25) is 4.79 Å². The normalized spacial score (nSPS) is 15.0. The van der Waals surface area contributed by atoms with Crippen LogP contribution in [0, 0.1) is 5.82 Å². The van der Waals surface area contributed by atoms with E-state index in [1.54, 1.807) is 6.07 Å². The number of hydrogen-bond acceptors (Lipinski definition) is 6. The van der Waals surface area contributed by atoms with Crippen molar-refractivity contribution in [2.75, 3.05) is 30.4 Å². The van der Waals surface area contributed by atoms with Crippen LogP contribution < -0.4 is 15.0 Å². The van der Waals surface area contributed by atoms with Crippen molar-refractivity contribution in [1.29, 1.82) is 0 Å². The van der Waals surface area contributed by atoms with Crippen LogP contribution in [0.1, 0.15) is 42.4 Å². The van der Waals surface area contributed by atoms with Gasteiger partial charge in [-0.25, -0.2) is 28.1 Å². The van der Waals surface area contributed by atoms with E-state index in [2.05, 4.69) is 20.3 Å². The van der Waals surface area contributed by atoms with Gasteiger partial charge in [0.2, 0.25) is 0 Å². The highest BCUT2D eigenvalue weighted by atomic mass is 19.3. The molecule has 0 aliphatic carbocycles. The van der Waals surface area contributed by atoms with Crippen LogP contribution in [0.2, 0.25) is 0 Å². The maximum absolute atomic E-state index is 14.1. The average Bonchev–Trinajstić information content (AvgIpc) is 3.18. The standard InChI is InChI=1S/C24H24F3N5O2/c1-14(2)21-29-11-15(12-30-21)23(33)31-20-17(18-10-16(25)4-5-19(18)34-3)6-8-28-22(20)32-9-7-24(26,27)13-32/h4-6,8,10-12,14H,7,9,13H2,1-3H3,(H,31,33). The fourth-order valence-electron chi connectivity index (χ4n) is 3.78. The molecule has 178 valence electrons. The molecule has 2 aromatic heterocycles. The first-order chi connectivity index (χ1) is 16.2. The molecule has 0 bridgehead atoms. The van der Waals surface area contributed by atoms with Crippen LogP contribution in [0.5, 0.6) is 5.75 Å². The van der Waals surface area contributed by atoms with Gasteiger partial charge in [0.05, 0.1) is 24.9 Å². The van der Waals surface area contributed by atoms with Crippen LogP contribution in [-0.4, -0.2) is 47.0 Å². The van der Waals surface area contributed by atoms with E-state index in [1.165, 1.54) is 48.8 Å². The second kappa shape index (κ2) is 9.28. The first-order valence-corrected chi connectivity index (χ1v) is 10.8. The molecule has 1 amide bonds. The van der Waals surface area contributed by atoms with Crippen LogP contribution in [0.15, 0.2) is 42.9 Å². The summed E-state index contributed by atoms with van der Waals surface area (Å²) < 4.78 is 47.5. The first kappa shape index (κ1) is 23.5. The summed E-state index contributed by atoms with van der Waals surface area (Å²) >= 11 is 0. The summed E-state index contributed by atoms with van der Waals surface area (Å²) in [6.07, 6.45) is 3.90. The molecule has 10 heteroatoms. The molecule has 1 aromatic carbocycles. The number of pyridine rings is 1. The number of benzene rings is 1. The number of nitrogens with zero attached hydrogens (tertiary/aromatic N) is 4. The molecule has 3 heterocycles. The maximum atomic E-state index is 14.1. The zero-order valence-corrected chi connectivity index (χ0v) is 19.0. The molecule has 1 fully saturated rings. The fraction of sp³-hybridized carbons (Fsp3) is 0.333. The van der Waals surface area contributed by atoms with E-state index in [-0.39, 0.29) is 36.0 Å². The van der Waals surface area contributed by atoms with E-state index < -0.39 is 24.2 Å². The lowest BCUT2D eigenvalue weighted by Gasteiger charge is -2.23. The van der Waals surface area contributed by atoms with Gasteiger partial charge in [0.25, 0.3) is 11.8 Å². The second-order valence-corrected chi connectivity index (χ2v) is 8.37. The van der Waals surface area contributed by atoms with Crippen molar-refractivity contribution in [3.05, 3.63) is 60.1 Å². The summed E-state index contributed by atoms with van der Waals surface area (Å²) in [7, 11) is 1.44. The molecule has 3 aromatic rings. The molecule has 4 rings (SSSR count). The predicted molar refractivity (Wildman–Crippen MR) is 122 cm³/mol. The number of carbonyl (C=O) groups excluding carboxylic acids is 1. The van der Waals surface area contributed by atoms with Crippen molar-refractivity contribution >= 4 is 17.4 Å². The van der Waals surface area contributed by atoms with Gasteiger partial charge in [0.1, 0.15) is 17.4 Å². The zero-order chi connectivity index (χ0) is 24.5. The number of aromatic nitrogens is 3. The molecule has 0 radical (unpaired) electrons. The Hall–Kier alpha value is -3.69. The topological polar surface area (TPSA) is 80.2 Å². The molecule has 1 aliphatic heterocycles. The highest BCUT2D eigenvalue weighted by Crippen LogP contribution is 2.42. The number of methoxy groups -OCH3 is 1. The minimum Gasteiger partial charge on any atom is -0.496 e. The van der Waals surface area contributed by atoms with Crippen molar-refractivity contribution in [3.8, 4) is 16.9 Å². The summed E-state index contributed by atoms with van der Waals surface area (Å²) in [6, 6.07) is 5.53. The SMILES string of the molecule is COc1ccc(F)cc1-c1ccnc(N2CCC(F)(F)C2)c1NC(=O)c1cnc(C(C)C)nc1. The third kappa shape index (κ3) is 4.80. The molecule has 7 nitrogen and oxygen atoms in total. The summed E-state index contributed by atoms with van der Waals surface area (Å²) in [5, 5.41) is 2.77. The summed E-state index contributed by atoms with van der Waals surface area (Å²) in [4.78, 5) is 27.2. The van der Waals surface area contributed by atoms with Crippen molar-refractivity contribution in [2.24, 2.45) is 0 Å². The molecule has 0 atom stereocenters. The van der Waals surface area contributed by atoms with E-state index in [4.69, 9.17) is 4.74 Å². The van der Waals surface area contributed by atoms with Crippen LogP contribution in [0.4, 0.5) is 24.7 Å². The predicted octanol–water partition coefficient (Wildman–Crippen LogP) is 4.91. The number of anilines is 2. The van der Waals surface area contributed by atoms with Gasteiger partial charge in [-0.2, -0.15) is 0 Å². The fourth-order valence-corrected chi connectivity index (χ4v) is 3.78. The van der Waals surface area contributed by atoms with E-state index in [0.29, 0.717) is 22.7 Å². The molecule has 0 spiro atoms.